The molecular weight excluding hydrogens is 235 g/mol. The maximum Gasteiger partial charge on any atom is 0.243 e. The summed E-state index contributed by atoms with van der Waals surface area (Å²) in [6, 6.07) is 2.87. The number of halogens is 1. The molecule has 1 atom stereocenters. The second kappa shape index (κ2) is 4.77. The van der Waals surface area contributed by atoms with E-state index in [0.29, 0.717) is 0 Å². The normalized spacial score (nSPS) is 13.7. The van der Waals surface area contributed by atoms with Crippen molar-refractivity contribution in [3.8, 4) is 0 Å². The smallest absolute Gasteiger partial charge is 0.243 e. The average molecular weight is 248 g/mol. The molecule has 1 aromatic rings. The molecule has 0 amide bonds. The minimum atomic E-state index is -3.90. The largest absolute Gasteiger partial charge is 0.395 e. The molecule has 0 bridgehead atoms. The van der Waals surface area contributed by atoms with E-state index < -0.39 is 27.6 Å². The highest BCUT2D eigenvalue weighted by molar-refractivity contribution is 7.89. The molecule has 0 aliphatic heterocycles. The van der Waals surface area contributed by atoms with Gasteiger partial charge in [0.25, 0.3) is 0 Å². The number of nitrogen functional groups attached to an aromatic ring is 1. The minimum Gasteiger partial charge on any atom is -0.395 e. The lowest BCUT2D eigenvalue weighted by Crippen LogP contribution is -2.35. The summed E-state index contributed by atoms with van der Waals surface area (Å²) in [5.41, 5.74) is 4.90. The zero-order chi connectivity index (χ0) is 12.3. The van der Waals surface area contributed by atoms with Gasteiger partial charge in [0.05, 0.1) is 12.3 Å². The van der Waals surface area contributed by atoms with Crippen LogP contribution in [0.1, 0.15) is 6.92 Å². The maximum absolute atomic E-state index is 13.1. The number of benzene rings is 1. The molecule has 5 nitrogen and oxygen atoms in total. The van der Waals surface area contributed by atoms with E-state index >= 15 is 0 Å². The van der Waals surface area contributed by atoms with Crippen molar-refractivity contribution >= 4 is 15.7 Å². The van der Waals surface area contributed by atoms with Gasteiger partial charge in [-0.25, -0.2) is 17.5 Å². The lowest BCUT2D eigenvalue weighted by atomic mass is 10.3. The summed E-state index contributed by atoms with van der Waals surface area (Å²) in [4.78, 5) is -0.326. The Morgan fingerprint density at radius 3 is 2.75 bits per heavy atom. The van der Waals surface area contributed by atoms with Gasteiger partial charge in [0.2, 0.25) is 10.0 Å². The Morgan fingerprint density at radius 1 is 1.56 bits per heavy atom. The number of rotatable bonds is 4. The van der Waals surface area contributed by atoms with Gasteiger partial charge in [-0.05, 0) is 19.1 Å². The highest BCUT2D eigenvalue weighted by Crippen LogP contribution is 2.20. The van der Waals surface area contributed by atoms with Crippen molar-refractivity contribution in [1.82, 2.24) is 4.72 Å². The molecule has 0 radical (unpaired) electrons. The van der Waals surface area contributed by atoms with E-state index in [4.69, 9.17) is 10.8 Å². The standard InChI is InChI=1S/C9H13FN2O3S/c1-6(5-13)12-16(14,15)8-4-2-3-7(10)9(8)11/h2-4,6,12-13H,5,11H2,1H3. The molecule has 0 aliphatic carbocycles. The molecular formula is C9H13FN2O3S. The Hall–Kier alpha value is -1.18. The summed E-state index contributed by atoms with van der Waals surface area (Å²) < 4.78 is 38.6. The third kappa shape index (κ3) is 2.69. The van der Waals surface area contributed by atoms with Crippen molar-refractivity contribution in [2.45, 2.75) is 17.9 Å². The van der Waals surface area contributed by atoms with Crippen LogP contribution in [0.25, 0.3) is 0 Å². The van der Waals surface area contributed by atoms with Crippen LogP contribution in [0.3, 0.4) is 0 Å². The van der Waals surface area contributed by atoms with Gasteiger partial charge in [-0.1, -0.05) is 6.07 Å². The van der Waals surface area contributed by atoms with Crippen LogP contribution >= 0.6 is 0 Å². The van der Waals surface area contributed by atoms with E-state index in [1.165, 1.54) is 19.1 Å². The summed E-state index contributed by atoms with van der Waals surface area (Å²) >= 11 is 0. The third-order valence-electron chi connectivity index (χ3n) is 1.93. The number of aliphatic hydroxyl groups excluding tert-OH is 1. The van der Waals surface area contributed by atoms with Gasteiger partial charge in [-0.3, -0.25) is 0 Å². The Bertz CT molecular complexity index is 476. The van der Waals surface area contributed by atoms with Crippen molar-refractivity contribution in [3.63, 3.8) is 0 Å². The van der Waals surface area contributed by atoms with Crippen molar-refractivity contribution in [1.29, 1.82) is 0 Å². The van der Waals surface area contributed by atoms with Gasteiger partial charge >= 0.3 is 0 Å². The first-order chi connectivity index (χ1) is 7.38. The number of nitrogens with two attached hydrogens (primary N) is 1. The lowest BCUT2D eigenvalue weighted by molar-refractivity contribution is 0.265. The van der Waals surface area contributed by atoms with Crippen molar-refractivity contribution in [3.05, 3.63) is 24.0 Å². The first kappa shape index (κ1) is 12.9. The number of aliphatic hydroxyl groups is 1. The summed E-state index contributed by atoms with van der Waals surface area (Å²) in [6.07, 6.45) is 0. The number of hydrogen-bond donors (Lipinski definition) is 3. The minimum absolute atomic E-state index is 0.326. The van der Waals surface area contributed by atoms with Gasteiger partial charge in [0.15, 0.2) is 0 Å². The molecule has 0 aromatic heterocycles. The SMILES string of the molecule is CC(CO)NS(=O)(=O)c1cccc(F)c1N. The van der Waals surface area contributed by atoms with Gasteiger partial charge in [-0.15, -0.1) is 0 Å². The van der Waals surface area contributed by atoms with Crippen LogP contribution in [0.5, 0.6) is 0 Å². The van der Waals surface area contributed by atoms with Crippen LogP contribution in [0.2, 0.25) is 0 Å². The second-order valence-electron chi connectivity index (χ2n) is 3.36. The fraction of sp³-hybridized carbons (Fsp3) is 0.333. The monoisotopic (exact) mass is 248 g/mol. The van der Waals surface area contributed by atoms with E-state index in [0.717, 1.165) is 6.07 Å². The summed E-state index contributed by atoms with van der Waals surface area (Å²) in [5, 5.41) is 8.74. The molecule has 90 valence electrons. The van der Waals surface area contributed by atoms with Crippen molar-refractivity contribution in [2.75, 3.05) is 12.3 Å². The Labute approximate surface area is 93.1 Å². The number of hydrogen-bond acceptors (Lipinski definition) is 4. The first-order valence-corrected chi connectivity index (χ1v) is 6.04. The quantitative estimate of drug-likeness (QED) is 0.657. The van der Waals surface area contributed by atoms with Gasteiger partial charge in [0.1, 0.15) is 10.7 Å². The van der Waals surface area contributed by atoms with E-state index in [2.05, 4.69) is 4.72 Å². The molecule has 1 rings (SSSR count). The highest BCUT2D eigenvalue weighted by Gasteiger charge is 2.21. The van der Waals surface area contributed by atoms with Crippen LogP contribution in [0, 0.1) is 5.82 Å². The predicted molar refractivity (Wildman–Crippen MR) is 57.7 cm³/mol. The van der Waals surface area contributed by atoms with E-state index in [9.17, 15) is 12.8 Å². The molecule has 1 aromatic carbocycles. The van der Waals surface area contributed by atoms with Gasteiger partial charge < -0.3 is 10.8 Å². The fourth-order valence-corrected chi connectivity index (χ4v) is 2.49. The Balaban J connectivity index is 3.13. The third-order valence-corrected chi connectivity index (χ3v) is 3.58. The Kier molecular flexibility index (Phi) is 3.84. The molecule has 0 fully saturated rings. The number of sulfonamides is 1. The van der Waals surface area contributed by atoms with Crippen LogP contribution in [0.15, 0.2) is 23.1 Å². The second-order valence-corrected chi connectivity index (χ2v) is 5.04. The highest BCUT2D eigenvalue weighted by atomic mass is 32.2. The molecule has 0 saturated heterocycles. The molecule has 0 saturated carbocycles. The van der Waals surface area contributed by atoms with Crippen LogP contribution in [-0.2, 0) is 10.0 Å². The van der Waals surface area contributed by atoms with Crippen molar-refractivity contribution in [2.24, 2.45) is 0 Å². The molecule has 4 N–H and O–H groups in total. The maximum atomic E-state index is 13.1. The summed E-state index contributed by atoms with van der Waals surface area (Å²) in [5.74, 6) is -0.792. The van der Waals surface area contributed by atoms with Gasteiger partial charge in [-0.2, -0.15) is 0 Å². The number of nitrogens with one attached hydrogen (secondary N) is 1. The zero-order valence-corrected chi connectivity index (χ0v) is 9.46. The fourth-order valence-electron chi connectivity index (χ4n) is 1.12. The Morgan fingerprint density at radius 2 is 2.19 bits per heavy atom. The average Bonchev–Trinajstić information content (AvgIpc) is 2.21. The molecule has 0 aliphatic rings. The molecule has 0 heterocycles. The van der Waals surface area contributed by atoms with Crippen molar-refractivity contribution < 1.29 is 17.9 Å². The van der Waals surface area contributed by atoms with Crippen LogP contribution in [0.4, 0.5) is 10.1 Å². The van der Waals surface area contributed by atoms with E-state index in [1.54, 1.807) is 0 Å². The van der Waals surface area contributed by atoms with E-state index in [1.807, 2.05) is 0 Å². The topological polar surface area (TPSA) is 92.4 Å². The lowest BCUT2D eigenvalue weighted by Gasteiger charge is -2.13. The first-order valence-electron chi connectivity index (χ1n) is 4.55. The van der Waals surface area contributed by atoms with E-state index in [-0.39, 0.29) is 11.5 Å². The van der Waals surface area contributed by atoms with Crippen LogP contribution < -0.4 is 10.5 Å². The summed E-state index contributed by atoms with van der Waals surface area (Å²) in [6.45, 7) is 1.13. The molecule has 0 spiro atoms. The number of anilines is 1. The molecule has 1 unspecified atom stereocenters. The molecule has 7 heteroatoms. The molecule has 16 heavy (non-hydrogen) atoms. The zero-order valence-electron chi connectivity index (χ0n) is 8.64. The predicted octanol–water partition coefficient (Wildman–Crippen LogP) is 0.0670. The number of para-hydroxylation sites is 1. The van der Waals surface area contributed by atoms with Gasteiger partial charge in [0, 0.05) is 6.04 Å². The summed E-state index contributed by atoms with van der Waals surface area (Å²) in [7, 11) is -3.90. The van der Waals surface area contributed by atoms with Crippen LogP contribution in [-0.4, -0.2) is 26.2 Å².